The molecule has 1 N–H and O–H groups in total. The van der Waals surface area contributed by atoms with Gasteiger partial charge in [-0.05, 0) is 32.0 Å². The second-order valence-corrected chi connectivity index (χ2v) is 5.40. The largest absolute Gasteiger partial charge is 0.286 e. The molecule has 0 aromatic carbocycles. The van der Waals surface area contributed by atoms with Gasteiger partial charge in [0.15, 0.2) is 0 Å². The summed E-state index contributed by atoms with van der Waals surface area (Å²) in [5.41, 5.74) is -0.433. The van der Waals surface area contributed by atoms with E-state index in [4.69, 9.17) is 16.3 Å². The quantitative estimate of drug-likeness (QED) is 0.564. The molecule has 0 aromatic heterocycles. The number of hydrogen-bond acceptors (Lipinski definition) is 3. The lowest BCUT2D eigenvalue weighted by Gasteiger charge is -2.29. The molecule has 0 radical (unpaired) electrons. The van der Waals surface area contributed by atoms with E-state index in [1.54, 1.807) is 20.9 Å². The van der Waals surface area contributed by atoms with Gasteiger partial charge in [0.2, 0.25) is 0 Å². The molecule has 0 rings (SSSR count). The van der Waals surface area contributed by atoms with Crippen LogP contribution in [-0.4, -0.2) is 35.7 Å². The molecule has 0 amide bonds. The zero-order valence-electron chi connectivity index (χ0n) is 7.41. The summed E-state index contributed by atoms with van der Waals surface area (Å²) in [6.45, 7) is 3.59. The van der Waals surface area contributed by atoms with E-state index < -0.39 is 15.7 Å². The third-order valence-corrected chi connectivity index (χ3v) is 2.98. The van der Waals surface area contributed by atoms with Crippen molar-refractivity contribution in [1.82, 2.24) is 4.42 Å². The van der Waals surface area contributed by atoms with Gasteiger partial charge in [0.25, 0.3) is 10.1 Å². The highest BCUT2D eigenvalue weighted by molar-refractivity contribution is 7.85. The molecule has 0 unspecified atom stereocenters. The molecular weight excluding hydrogens is 202 g/mol. The lowest BCUT2D eigenvalue weighted by atomic mass is 10.0. The zero-order chi connectivity index (χ0) is 9.99. The molecule has 0 aliphatic carbocycles. The van der Waals surface area contributed by atoms with Crippen molar-refractivity contribution in [1.29, 1.82) is 0 Å². The number of rotatable bonds is 4. The predicted octanol–water partition coefficient (Wildman–Crippen LogP) is 1.13. The van der Waals surface area contributed by atoms with E-state index >= 15 is 0 Å². The Bertz CT molecular complexity index is 235. The Balaban J connectivity index is 4.10. The maximum Gasteiger partial charge on any atom is 0.264 e. The van der Waals surface area contributed by atoms with Crippen molar-refractivity contribution in [2.75, 3.05) is 12.8 Å². The van der Waals surface area contributed by atoms with Crippen molar-refractivity contribution in [2.24, 2.45) is 0 Å². The number of nitrogens with zero attached hydrogens (tertiary/aromatic N) is 1. The van der Waals surface area contributed by atoms with Gasteiger partial charge in [-0.15, -0.1) is 0 Å². The van der Waals surface area contributed by atoms with Crippen molar-refractivity contribution >= 4 is 21.9 Å². The second kappa shape index (κ2) is 3.91. The summed E-state index contributed by atoms with van der Waals surface area (Å²) in [4.78, 5) is 0. The van der Waals surface area contributed by atoms with Gasteiger partial charge in [0.05, 0.1) is 5.75 Å². The maximum absolute atomic E-state index is 10.4. The highest BCUT2D eigenvalue weighted by atomic mass is 35.5. The second-order valence-electron chi connectivity index (χ2n) is 3.33. The molecule has 74 valence electrons. The summed E-state index contributed by atoms with van der Waals surface area (Å²) in [7, 11) is -2.23. The van der Waals surface area contributed by atoms with Gasteiger partial charge in [-0.1, -0.05) is 0 Å². The van der Waals surface area contributed by atoms with E-state index in [0.717, 1.165) is 0 Å². The first-order valence-electron chi connectivity index (χ1n) is 3.50. The van der Waals surface area contributed by atoms with Crippen LogP contribution in [0.3, 0.4) is 0 Å². The normalized spacial score (nSPS) is 13.8. The van der Waals surface area contributed by atoms with Crippen LogP contribution >= 0.6 is 11.8 Å². The molecule has 0 atom stereocenters. The van der Waals surface area contributed by atoms with Crippen LogP contribution < -0.4 is 0 Å². The fraction of sp³-hybridized carbons (Fsp3) is 1.00. The van der Waals surface area contributed by atoms with Crippen LogP contribution in [0.2, 0.25) is 0 Å². The first-order chi connectivity index (χ1) is 5.15. The summed E-state index contributed by atoms with van der Waals surface area (Å²) >= 11 is 5.66. The van der Waals surface area contributed by atoms with E-state index in [0.29, 0.717) is 6.42 Å². The molecular formula is C6H14ClNO3S. The molecule has 0 spiro atoms. The van der Waals surface area contributed by atoms with Gasteiger partial charge in [0, 0.05) is 12.6 Å². The van der Waals surface area contributed by atoms with Gasteiger partial charge in [-0.25, -0.2) is 4.42 Å². The van der Waals surface area contributed by atoms with E-state index in [9.17, 15) is 8.42 Å². The number of hydrogen-bond donors (Lipinski definition) is 1. The van der Waals surface area contributed by atoms with E-state index in [-0.39, 0.29) is 5.75 Å². The van der Waals surface area contributed by atoms with Crippen molar-refractivity contribution in [2.45, 2.75) is 25.8 Å². The molecule has 6 heteroatoms. The van der Waals surface area contributed by atoms with Crippen LogP contribution in [0.5, 0.6) is 0 Å². The summed E-state index contributed by atoms with van der Waals surface area (Å²) < 4.78 is 30.7. The smallest absolute Gasteiger partial charge is 0.264 e. The van der Waals surface area contributed by atoms with Crippen LogP contribution in [0.1, 0.15) is 20.3 Å². The van der Waals surface area contributed by atoms with E-state index in [2.05, 4.69) is 0 Å². The van der Waals surface area contributed by atoms with Crippen molar-refractivity contribution in [3.8, 4) is 0 Å². The molecule has 0 heterocycles. The van der Waals surface area contributed by atoms with E-state index in [1.807, 2.05) is 0 Å². The van der Waals surface area contributed by atoms with Crippen molar-refractivity contribution < 1.29 is 13.0 Å². The summed E-state index contributed by atoms with van der Waals surface area (Å²) in [6, 6.07) is 0. The minimum Gasteiger partial charge on any atom is -0.286 e. The van der Waals surface area contributed by atoms with Gasteiger partial charge < -0.3 is 0 Å². The zero-order valence-corrected chi connectivity index (χ0v) is 8.98. The number of halogens is 1. The molecule has 0 bridgehead atoms. The summed E-state index contributed by atoms with van der Waals surface area (Å²) in [5, 5.41) is 0. The lowest BCUT2D eigenvalue weighted by Crippen LogP contribution is -2.36. The fourth-order valence-corrected chi connectivity index (χ4v) is 1.37. The molecule has 0 saturated heterocycles. The standard InChI is InChI=1S/C6H14ClNO3S/c1-6(2,8(3)7)4-5-12(9,10)11/h4-5H2,1-3H3,(H,9,10,11). The van der Waals surface area contributed by atoms with Gasteiger partial charge in [0.1, 0.15) is 0 Å². The van der Waals surface area contributed by atoms with Crippen molar-refractivity contribution in [3.63, 3.8) is 0 Å². The van der Waals surface area contributed by atoms with Gasteiger partial charge in [-0.3, -0.25) is 4.55 Å². The molecule has 0 fully saturated rings. The first-order valence-corrected chi connectivity index (χ1v) is 5.45. The minimum absolute atomic E-state index is 0.267. The minimum atomic E-state index is -3.88. The third-order valence-electron chi connectivity index (χ3n) is 1.81. The van der Waals surface area contributed by atoms with Crippen molar-refractivity contribution in [3.05, 3.63) is 0 Å². The molecule has 0 aromatic rings. The maximum atomic E-state index is 10.4. The van der Waals surface area contributed by atoms with Gasteiger partial charge in [-0.2, -0.15) is 8.42 Å². The topological polar surface area (TPSA) is 57.6 Å². The first kappa shape index (κ1) is 12.2. The van der Waals surface area contributed by atoms with Crippen LogP contribution in [-0.2, 0) is 10.1 Å². The Morgan fingerprint density at radius 2 is 1.92 bits per heavy atom. The summed E-state index contributed by atoms with van der Waals surface area (Å²) in [6.07, 6.45) is 0.297. The molecule has 0 aliphatic rings. The molecule has 0 saturated carbocycles. The molecule has 4 nitrogen and oxygen atoms in total. The van der Waals surface area contributed by atoms with Crippen LogP contribution in [0.4, 0.5) is 0 Å². The molecule has 12 heavy (non-hydrogen) atoms. The Hall–Kier alpha value is 0.160. The van der Waals surface area contributed by atoms with E-state index in [1.165, 1.54) is 4.42 Å². The van der Waals surface area contributed by atoms with Crippen LogP contribution in [0.15, 0.2) is 0 Å². The molecule has 0 aliphatic heterocycles. The fourth-order valence-electron chi connectivity index (χ4n) is 0.533. The predicted molar refractivity (Wildman–Crippen MR) is 48.7 cm³/mol. The average Bonchev–Trinajstić information content (AvgIpc) is 1.82. The third kappa shape index (κ3) is 4.92. The highest BCUT2D eigenvalue weighted by Crippen LogP contribution is 2.19. The Morgan fingerprint density at radius 3 is 2.17 bits per heavy atom. The van der Waals surface area contributed by atoms with Gasteiger partial charge >= 0.3 is 0 Å². The highest BCUT2D eigenvalue weighted by Gasteiger charge is 2.24. The Morgan fingerprint density at radius 1 is 1.50 bits per heavy atom. The Labute approximate surface area is 78.4 Å². The average molecular weight is 216 g/mol. The summed E-state index contributed by atoms with van der Waals surface area (Å²) in [5.74, 6) is -0.267. The Kier molecular flexibility index (Phi) is 3.96. The monoisotopic (exact) mass is 215 g/mol. The van der Waals surface area contributed by atoms with Crippen LogP contribution in [0.25, 0.3) is 0 Å². The van der Waals surface area contributed by atoms with Crippen LogP contribution in [0, 0.1) is 0 Å². The SMILES string of the molecule is CN(Cl)C(C)(C)CCS(=O)(=O)O. The lowest BCUT2D eigenvalue weighted by molar-refractivity contribution is 0.268.